The summed E-state index contributed by atoms with van der Waals surface area (Å²) in [5.41, 5.74) is 2.05. The van der Waals surface area contributed by atoms with Crippen LogP contribution in [0, 0.1) is 6.92 Å². The maximum absolute atomic E-state index is 12.9. The summed E-state index contributed by atoms with van der Waals surface area (Å²) in [6.45, 7) is 1.90. The van der Waals surface area contributed by atoms with Gasteiger partial charge in [-0.05, 0) is 43.0 Å². The zero-order chi connectivity index (χ0) is 23.1. The summed E-state index contributed by atoms with van der Waals surface area (Å²) in [6, 6.07) is 4.26. The summed E-state index contributed by atoms with van der Waals surface area (Å²) in [6.07, 6.45) is -1.76. The average Bonchev–Trinajstić information content (AvgIpc) is 2.67. The first-order chi connectivity index (χ1) is 15.0. The number of anilines is 2. The number of carbonyl (C=O) groups excluding carboxylic acids is 1. The highest BCUT2D eigenvalue weighted by atomic mass is 19.4. The van der Waals surface area contributed by atoms with Crippen molar-refractivity contribution in [1.82, 2.24) is 14.9 Å². The quantitative estimate of drug-likeness (QED) is 0.698. The van der Waals surface area contributed by atoms with Gasteiger partial charge in [0.05, 0.1) is 31.0 Å². The Balaban J connectivity index is 1.44. The van der Waals surface area contributed by atoms with E-state index in [1.54, 1.807) is 6.92 Å². The molecule has 2 aliphatic rings. The van der Waals surface area contributed by atoms with Crippen molar-refractivity contribution in [3.8, 4) is 0 Å². The van der Waals surface area contributed by atoms with E-state index in [2.05, 4.69) is 15.3 Å². The fourth-order valence-corrected chi connectivity index (χ4v) is 3.94. The largest absolute Gasteiger partial charge is 0.433 e. The molecular formula is C21H22F5N5O. The number of nitrogens with zero attached hydrogens (tertiary/aromatic N) is 4. The molecule has 0 bridgehead atoms. The second-order valence-corrected chi connectivity index (χ2v) is 8.24. The average molecular weight is 455 g/mol. The highest BCUT2D eigenvalue weighted by molar-refractivity contribution is 5.92. The molecule has 2 aliphatic heterocycles. The number of amides is 1. The van der Waals surface area contributed by atoms with E-state index in [4.69, 9.17) is 0 Å². The highest BCUT2D eigenvalue weighted by Crippen LogP contribution is 2.32. The number of aromatic nitrogens is 2. The van der Waals surface area contributed by atoms with Crippen LogP contribution in [-0.2, 0) is 23.9 Å². The molecule has 4 rings (SSSR count). The van der Waals surface area contributed by atoms with Gasteiger partial charge < -0.3 is 10.2 Å². The number of nitrogens with one attached hydrogen (secondary N) is 1. The number of hydrogen-bond donors (Lipinski definition) is 1. The Morgan fingerprint density at radius 2 is 2.00 bits per heavy atom. The van der Waals surface area contributed by atoms with E-state index in [-0.39, 0.29) is 6.54 Å². The number of pyridine rings is 2. The third kappa shape index (κ3) is 4.98. The molecule has 0 atom stereocenters. The minimum atomic E-state index is -4.48. The monoisotopic (exact) mass is 455 g/mol. The van der Waals surface area contributed by atoms with E-state index < -0.39 is 36.8 Å². The Hall–Kier alpha value is -2.82. The SMILES string of the molecule is Cc1cc2c(nc1NC(=O)CN1CC(F)(F)C1)CCCN2Cc1ccc(C(F)(F)F)nc1. The minimum absolute atomic E-state index is 0.124. The van der Waals surface area contributed by atoms with Crippen LogP contribution in [0.2, 0.25) is 0 Å². The third-order valence-electron chi connectivity index (χ3n) is 5.47. The first-order valence-corrected chi connectivity index (χ1v) is 10.2. The van der Waals surface area contributed by atoms with Gasteiger partial charge in [0.15, 0.2) is 0 Å². The molecule has 0 radical (unpaired) electrons. The number of aryl methyl sites for hydroxylation is 2. The molecule has 0 aliphatic carbocycles. The van der Waals surface area contributed by atoms with Crippen molar-refractivity contribution in [1.29, 1.82) is 0 Å². The second-order valence-electron chi connectivity index (χ2n) is 8.24. The van der Waals surface area contributed by atoms with Crippen molar-refractivity contribution in [3.63, 3.8) is 0 Å². The van der Waals surface area contributed by atoms with E-state index in [1.807, 2.05) is 11.0 Å². The first kappa shape index (κ1) is 22.4. The molecule has 0 spiro atoms. The molecule has 1 fully saturated rings. The van der Waals surface area contributed by atoms with Crippen molar-refractivity contribution in [2.45, 2.75) is 38.4 Å². The number of rotatable bonds is 5. The summed E-state index contributed by atoms with van der Waals surface area (Å²) in [5, 5.41) is 2.70. The lowest BCUT2D eigenvalue weighted by molar-refractivity contribution is -0.142. The Kier molecular flexibility index (Phi) is 5.78. The van der Waals surface area contributed by atoms with Gasteiger partial charge in [0, 0.05) is 19.3 Å². The fraction of sp³-hybridized carbons (Fsp3) is 0.476. The summed E-state index contributed by atoms with van der Waals surface area (Å²) in [7, 11) is 0. The molecule has 32 heavy (non-hydrogen) atoms. The maximum atomic E-state index is 12.9. The van der Waals surface area contributed by atoms with Crippen molar-refractivity contribution in [2.75, 3.05) is 36.4 Å². The van der Waals surface area contributed by atoms with E-state index in [1.165, 1.54) is 17.2 Å². The van der Waals surface area contributed by atoms with E-state index in [0.29, 0.717) is 36.5 Å². The maximum Gasteiger partial charge on any atom is 0.433 e. The number of fused-ring (bicyclic) bond motifs is 1. The molecule has 1 amide bonds. The van der Waals surface area contributed by atoms with Gasteiger partial charge in [0.1, 0.15) is 11.5 Å². The lowest BCUT2D eigenvalue weighted by atomic mass is 10.0. The Bertz CT molecular complexity index is 1000. The normalized spacial score (nSPS) is 18.1. The number of hydrogen-bond acceptors (Lipinski definition) is 5. The molecule has 1 saturated heterocycles. The van der Waals surface area contributed by atoms with E-state index in [9.17, 15) is 26.7 Å². The van der Waals surface area contributed by atoms with Gasteiger partial charge in [-0.2, -0.15) is 13.2 Å². The Morgan fingerprint density at radius 3 is 2.62 bits per heavy atom. The van der Waals surface area contributed by atoms with Gasteiger partial charge in [0.25, 0.3) is 5.92 Å². The molecule has 6 nitrogen and oxygen atoms in total. The van der Waals surface area contributed by atoms with Crippen molar-refractivity contribution in [2.24, 2.45) is 0 Å². The lowest BCUT2D eigenvalue weighted by Crippen LogP contribution is -2.57. The van der Waals surface area contributed by atoms with Crippen molar-refractivity contribution in [3.05, 3.63) is 46.9 Å². The van der Waals surface area contributed by atoms with Crippen molar-refractivity contribution >= 4 is 17.4 Å². The first-order valence-electron chi connectivity index (χ1n) is 10.2. The number of likely N-dealkylation sites (tertiary alicyclic amines) is 1. The molecule has 2 aromatic rings. The van der Waals surface area contributed by atoms with Crippen LogP contribution in [0.3, 0.4) is 0 Å². The Labute approximate surface area is 181 Å². The lowest BCUT2D eigenvalue weighted by Gasteiger charge is -2.38. The summed E-state index contributed by atoms with van der Waals surface area (Å²) < 4.78 is 64.1. The topological polar surface area (TPSA) is 61.4 Å². The minimum Gasteiger partial charge on any atom is -0.366 e. The van der Waals surface area contributed by atoms with Gasteiger partial charge in [-0.25, -0.2) is 13.8 Å². The number of halogens is 5. The fourth-order valence-electron chi connectivity index (χ4n) is 3.94. The van der Waals surface area contributed by atoms with Gasteiger partial charge in [-0.3, -0.25) is 14.7 Å². The molecule has 4 heterocycles. The van der Waals surface area contributed by atoms with E-state index in [0.717, 1.165) is 23.9 Å². The molecule has 0 saturated carbocycles. The van der Waals surface area contributed by atoms with Crippen LogP contribution in [0.25, 0.3) is 0 Å². The van der Waals surface area contributed by atoms with Crippen LogP contribution in [-0.4, -0.2) is 52.9 Å². The van der Waals surface area contributed by atoms with Crippen LogP contribution in [0.15, 0.2) is 24.4 Å². The second kappa shape index (κ2) is 8.27. The number of alkyl halides is 5. The van der Waals surface area contributed by atoms with E-state index >= 15 is 0 Å². The van der Waals surface area contributed by atoms with Crippen molar-refractivity contribution < 1.29 is 26.7 Å². The predicted molar refractivity (Wildman–Crippen MR) is 108 cm³/mol. The summed E-state index contributed by atoms with van der Waals surface area (Å²) in [4.78, 5) is 23.7. The smallest absolute Gasteiger partial charge is 0.366 e. The summed E-state index contributed by atoms with van der Waals surface area (Å²) >= 11 is 0. The molecule has 11 heteroatoms. The molecular weight excluding hydrogens is 433 g/mol. The van der Waals surface area contributed by atoms with Crippen LogP contribution in [0.1, 0.15) is 28.9 Å². The third-order valence-corrected chi connectivity index (χ3v) is 5.47. The Morgan fingerprint density at radius 1 is 1.25 bits per heavy atom. The zero-order valence-corrected chi connectivity index (χ0v) is 17.3. The highest BCUT2D eigenvalue weighted by Gasteiger charge is 2.44. The van der Waals surface area contributed by atoms with Gasteiger partial charge in [-0.15, -0.1) is 0 Å². The number of carbonyl (C=O) groups is 1. The molecule has 172 valence electrons. The zero-order valence-electron chi connectivity index (χ0n) is 17.3. The predicted octanol–water partition coefficient (Wildman–Crippen LogP) is 3.65. The molecule has 0 unspecified atom stereocenters. The molecule has 2 aromatic heterocycles. The molecule has 0 aromatic carbocycles. The molecule has 1 N–H and O–H groups in total. The van der Waals surface area contributed by atoms with Crippen LogP contribution in [0.4, 0.5) is 33.5 Å². The van der Waals surface area contributed by atoms with Crippen LogP contribution in [0.5, 0.6) is 0 Å². The van der Waals surface area contributed by atoms with Crippen LogP contribution < -0.4 is 10.2 Å². The summed E-state index contributed by atoms with van der Waals surface area (Å²) in [5.74, 6) is -2.75. The van der Waals surface area contributed by atoms with Gasteiger partial charge in [-0.1, -0.05) is 6.07 Å². The van der Waals surface area contributed by atoms with Gasteiger partial charge in [0.2, 0.25) is 5.91 Å². The van der Waals surface area contributed by atoms with Gasteiger partial charge >= 0.3 is 6.18 Å². The standard InChI is InChI=1S/C21H22F5N5O/c1-13-7-16-15(28-19(13)29-18(32)10-30-11-20(22,23)12-30)3-2-6-31(16)9-14-4-5-17(27-8-14)21(24,25)26/h4-5,7-8H,2-3,6,9-12H2,1H3,(H,28,29,32). The van der Waals surface area contributed by atoms with Crippen LogP contribution >= 0.6 is 0 Å².